The van der Waals surface area contributed by atoms with Crippen molar-refractivity contribution >= 4 is 64.1 Å². The number of aromatic nitrogens is 3. The smallest absolute Gasteiger partial charge is 0.251 e. The van der Waals surface area contributed by atoms with E-state index in [-0.39, 0.29) is 17.6 Å². The van der Waals surface area contributed by atoms with Crippen LogP contribution in [0.1, 0.15) is 16.2 Å². The molecule has 0 aliphatic carbocycles. The molecular weight excluding hydrogens is 481 g/mol. The zero-order valence-corrected chi connectivity index (χ0v) is 19.4. The van der Waals surface area contributed by atoms with Crippen LogP contribution in [0.25, 0.3) is 0 Å². The lowest BCUT2D eigenvalue weighted by molar-refractivity contribution is -0.113. The Morgan fingerprint density at radius 3 is 2.48 bits per heavy atom. The maximum absolute atomic E-state index is 12.2. The van der Waals surface area contributed by atoms with Gasteiger partial charge in [-0.3, -0.25) is 9.59 Å². The molecule has 31 heavy (non-hydrogen) atoms. The van der Waals surface area contributed by atoms with E-state index in [1.165, 1.54) is 17.8 Å². The molecule has 3 aromatic rings. The minimum Gasteiger partial charge on any atom is -0.352 e. The number of nitrogens with one attached hydrogen (secondary N) is 2. The normalized spacial score (nSPS) is 10.7. The molecule has 0 aliphatic heterocycles. The Bertz CT molecular complexity index is 1090. The van der Waals surface area contributed by atoms with Crippen LogP contribution in [0.2, 0.25) is 15.1 Å². The van der Waals surface area contributed by atoms with Gasteiger partial charge in [-0.15, -0.1) is 10.2 Å². The second-order valence-electron chi connectivity index (χ2n) is 6.44. The van der Waals surface area contributed by atoms with E-state index >= 15 is 0 Å². The van der Waals surface area contributed by atoms with Gasteiger partial charge in [0.15, 0.2) is 5.16 Å². The molecule has 0 atom stereocenters. The van der Waals surface area contributed by atoms with E-state index in [2.05, 4.69) is 20.8 Å². The van der Waals surface area contributed by atoms with Gasteiger partial charge in [0, 0.05) is 36.3 Å². The van der Waals surface area contributed by atoms with Crippen molar-refractivity contribution < 1.29 is 9.59 Å². The van der Waals surface area contributed by atoms with Crippen molar-refractivity contribution in [3.63, 3.8) is 0 Å². The number of amides is 2. The third-order valence-corrected chi connectivity index (χ3v) is 6.21. The van der Waals surface area contributed by atoms with Crippen LogP contribution in [0.4, 0.5) is 5.69 Å². The van der Waals surface area contributed by atoms with E-state index in [1.807, 2.05) is 7.05 Å². The molecule has 1 aromatic heterocycles. The van der Waals surface area contributed by atoms with Gasteiger partial charge in [0.25, 0.3) is 5.91 Å². The molecule has 7 nitrogen and oxygen atoms in total. The first kappa shape index (κ1) is 23.4. The van der Waals surface area contributed by atoms with Crippen molar-refractivity contribution in [3.8, 4) is 0 Å². The molecule has 1 heterocycles. The number of nitrogens with zero attached hydrogens (tertiary/aromatic N) is 3. The van der Waals surface area contributed by atoms with E-state index in [9.17, 15) is 9.59 Å². The number of anilines is 1. The standard InChI is InChI=1S/C20H18Cl3N5O2S/c1-28-17(8-9-24-19(30)12-2-7-15(22)16(23)10-12)26-27-20(28)31-11-18(29)25-14-5-3-13(21)4-6-14/h2-7,10H,8-9,11H2,1H3,(H,24,30)(H,25,29). The minimum atomic E-state index is -0.255. The quantitative estimate of drug-likeness (QED) is 0.447. The summed E-state index contributed by atoms with van der Waals surface area (Å²) in [5.74, 6) is 0.456. The third kappa shape index (κ3) is 6.61. The molecule has 0 unspecified atom stereocenters. The lowest BCUT2D eigenvalue weighted by Gasteiger charge is -2.07. The number of carbonyl (C=O) groups is 2. The molecule has 162 valence electrons. The predicted molar refractivity (Wildman–Crippen MR) is 124 cm³/mol. The van der Waals surface area contributed by atoms with Gasteiger partial charge in [0.1, 0.15) is 5.82 Å². The number of carbonyl (C=O) groups excluding carboxylic acids is 2. The highest BCUT2D eigenvalue weighted by atomic mass is 35.5. The van der Waals surface area contributed by atoms with Crippen molar-refractivity contribution in [2.45, 2.75) is 11.6 Å². The number of rotatable bonds is 8. The highest BCUT2D eigenvalue weighted by molar-refractivity contribution is 7.99. The summed E-state index contributed by atoms with van der Waals surface area (Å²) in [4.78, 5) is 24.4. The van der Waals surface area contributed by atoms with Crippen LogP contribution in [0, 0.1) is 0 Å². The number of hydrogen-bond donors (Lipinski definition) is 2. The summed E-state index contributed by atoms with van der Waals surface area (Å²) >= 11 is 18.9. The van der Waals surface area contributed by atoms with Crippen LogP contribution in [0.5, 0.6) is 0 Å². The molecule has 3 rings (SSSR count). The van der Waals surface area contributed by atoms with E-state index in [0.717, 1.165) is 0 Å². The fraction of sp³-hybridized carbons (Fsp3) is 0.200. The largest absolute Gasteiger partial charge is 0.352 e. The van der Waals surface area contributed by atoms with Crippen molar-refractivity contribution in [3.05, 3.63) is 68.9 Å². The highest BCUT2D eigenvalue weighted by Crippen LogP contribution is 2.22. The summed E-state index contributed by atoms with van der Waals surface area (Å²) in [7, 11) is 1.82. The first-order chi connectivity index (χ1) is 14.8. The van der Waals surface area contributed by atoms with Gasteiger partial charge in [0.2, 0.25) is 5.91 Å². The number of hydrogen-bond acceptors (Lipinski definition) is 5. The van der Waals surface area contributed by atoms with Crippen molar-refractivity contribution in [1.82, 2.24) is 20.1 Å². The molecule has 2 N–H and O–H groups in total. The Hall–Kier alpha value is -2.26. The van der Waals surface area contributed by atoms with Gasteiger partial charge in [0.05, 0.1) is 15.8 Å². The zero-order chi connectivity index (χ0) is 22.4. The molecule has 0 bridgehead atoms. The van der Waals surface area contributed by atoms with Crippen LogP contribution in [-0.2, 0) is 18.3 Å². The van der Waals surface area contributed by atoms with Gasteiger partial charge in [-0.05, 0) is 42.5 Å². The van der Waals surface area contributed by atoms with E-state index < -0.39 is 0 Å². The van der Waals surface area contributed by atoms with Gasteiger partial charge in [-0.1, -0.05) is 46.6 Å². The summed E-state index contributed by atoms with van der Waals surface area (Å²) in [5.41, 5.74) is 1.10. The Morgan fingerprint density at radius 1 is 1.03 bits per heavy atom. The Kier molecular flexibility index (Phi) is 8.20. The lowest BCUT2D eigenvalue weighted by atomic mass is 10.2. The molecule has 0 radical (unpaired) electrons. The van der Waals surface area contributed by atoms with Gasteiger partial charge in [-0.25, -0.2) is 0 Å². The lowest BCUT2D eigenvalue weighted by Crippen LogP contribution is -2.26. The van der Waals surface area contributed by atoms with Gasteiger partial charge >= 0.3 is 0 Å². The molecule has 0 saturated carbocycles. The summed E-state index contributed by atoms with van der Waals surface area (Å²) in [6.07, 6.45) is 0.480. The van der Waals surface area contributed by atoms with Crippen LogP contribution >= 0.6 is 46.6 Å². The second-order valence-corrected chi connectivity index (χ2v) is 8.63. The first-order valence-electron chi connectivity index (χ1n) is 9.13. The van der Waals surface area contributed by atoms with E-state index in [4.69, 9.17) is 34.8 Å². The van der Waals surface area contributed by atoms with E-state index in [0.29, 0.717) is 50.3 Å². The van der Waals surface area contributed by atoms with Crippen molar-refractivity contribution in [2.75, 3.05) is 17.6 Å². The topological polar surface area (TPSA) is 88.9 Å². The summed E-state index contributed by atoms with van der Waals surface area (Å²) in [5, 5.41) is 15.8. The summed E-state index contributed by atoms with van der Waals surface area (Å²) in [6.45, 7) is 0.368. The maximum Gasteiger partial charge on any atom is 0.251 e. The molecular formula is C20H18Cl3N5O2S. The van der Waals surface area contributed by atoms with Crippen LogP contribution < -0.4 is 10.6 Å². The molecule has 0 spiro atoms. The van der Waals surface area contributed by atoms with Crippen LogP contribution in [0.15, 0.2) is 47.6 Å². The van der Waals surface area contributed by atoms with Crippen molar-refractivity contribution in [2.24, 2.45) is 7.05 Å². The fourth-order valence-corrected chi connectivity index (χ4v) is 3.73. The third-order valence-electron chi connectivity index (χ3n) is 4.20. The molecule has 0 aliphatic rings. The predicted octanol–water partition coefficient (Wildman–Crippen LogP) is 4.48. The number of thioether (sulfide) groups is 1. The van der Waals surface area contributed by atoms with Gasteiger partial charge < -0.3 is 15.2 Å². The Balaban J connectivity index is 1.47. The average Bonchev–Trinajstić information content (AvgIpc) is 3.09. The average molecular weight is 499 g/mol. The summed E-state index contributed by atoms with van der Waals surface area (Å²) in [6, 6.07) is 11.6. The molecule has 0 fully saturated rings. The Morgan fingerprint density at radius 2 is 1.77 bits per heavy atom. The molecule has 11 heteroatoms. The number of halogens is 3. The highest BCUT2D eigenvalue weighted by Gasteiger charge is 2.13. The molecule has 0 saturated heterocycles. The fourth-order valence-electron chi connectivity index (χ4n) is 2.58. The molecule has 2 aromatic carbocycles. The first-order valence-corrected chi connectivity index (χ1v) is 11.2. The Labute approximate surface area is 198 Å². The molecule has 2 amide bonds. The van der Waals surface area contributed by atoms with Gasteiger partial charge in [-0.2, -0.15) is 0 Å². The monoisotopic (exact) mass is 497 g/mol. The number of benzene rings is 2. The van der Waals surface area contributed by atoms with Crippen LogP contribution in [-0.4, -0.2) is 38.9 Å². The van der Waals surface area contributed by atoms with E-state index in [1.54, 1.807) is 41.0 Å². The summed E-state index contributed by atoms with van der Waals surface area (Å²) < 4.78 is 1.80. The SMILES string of the molecule is Cn1c(CCNC(=O)c2ccc(Cl)c(Cl)c2)nnc1SCC(=O)Nc1ccc(Cl)cc1. The second kappa shape index (κ2) is 10.9. The zero-order valence-electron chi connectivity index (χ0n) is 16.4. The van der Waals surface area contributed by atoms with Crippen molar-refractivity contribution in [1.29, 1.82) is 0 Å². The van der Waals surface area contributed by atoms with Crippen LogP contribution in [0.3, 0.4) is 0 Å². The maximum atomic E-state index is 12.2. The minimum absolute atomic E-state index is 0.161.